The van der Waals surface area contributed by atoms with E-state index in [9.17, 15) is 10.1 Å². The maximum Gasteiger partial charge on any atom is 0.280 e. The van der Waals surface area contributed by atoms with Crippen LogP contribution in [-0.2, 0) is 6.42 Å². The second-order valence-electron chi connectivity index (χ2n) is 3.19. The van der Waals surface area contributed by atoms with E-state index in [-0.39, 0.29) is 10.6 Å². The average Bonchev–Trinajstić information content (AvgIpc) is 2.68. The van der Waals surface area contributed by atoms with Crippen molar-refractivity contribution in [2.24, 2.45) is 0 Å². The molecule has 0 saturated carbocycles. The van der Waals surface area contributed by atoms with Gasteiger partial charge in [-0.05, 0) is 5.56 Å². The second-order valence-corrected chi connectivity index (χ2v) is 4.19. The molecule has 0 aliphatic rings. The van der Waals surface area contributed by atoms with Crippen molar-refractivity contribution in [3.05, 3.63) is 62.3 Å². The van der Waals surface area contributed by atoms with Gasteiger partial charge in [0.25, 0.3) is 5.69 Å². The zero-order valence-electron chi connectivity index (χ0n) is 7.92. The van der Waals surface area contributed by atoms with E-state index in [1.165, 1.54) is 16.9 Å². The van der Waals surface area contributed by atoms with Gasteiger partial charge >= 0.3 is 0 Å². The molecule has 0 spiro atoms. The summed E-state index contributed by atoms with van der Waals surface area (Å²) in [5.74, 6) is 0. The first-order valence-corrected chi connectivity index (χ1v) is 5.39. The molecule has 15 heavy (non-hydrogen) atoms. The summed E-state index contributed by atoms with van der Waals surface area (Å²) in [6.45, 7) is 0. The van der Waals surface area contributed by atoms with Crippen molar-refractivity contribution < 1.29 is 4.92 Å². The molecule has 0 radical (unpaired) electrons. The van der Waals surface area contributed by atoms with Gasteiger partial charge in [-0.15, -0.1) is 11.3 Å². The molecule has 0 fully saturated rings. The third kappa shape index (κ3) is 2.41. The summed E-state index contributed by atoms with van der Waals surface area (Å²) in [7, 11) is 0. The van der Waals surface area contributed by atoms with Crippen LogP contribution in [-0.4, -0.2) is 4.92 Å². The zero-order valence-corrected chi connectivity index (χ0v) is 8.74. The monoisotopic (exact) mass is 219 g/mol. The fourth-order valence-corrected chi connectivity index (χ4v) is 2.22. The van der Waals surface area contributed by atoms with E-state index >= 15 is 0 Å². The molecule has 0 N–H and O–H groups in total. The molecular formula is C11H9NO2S. The van der Waals surface area contributed by atoms with Crippen LogP contribution in [0.1, 0.15) is 10.4 Å². The van der Waals surface area contributed by atoms with Crippen molar-refractivity contribution in [3.63, 3.8) is 0 Å². The maximum absolute atomic E-state index is 10.5. The standard InChI is InChI=1S/C11H9NO2S/c13-12(14)10-7-11(15-8-10)6-9-4-2-1-3-5-9/h1-5,7-8H,6H2. The van der Waals surface area contributed by atoms with Gasteiger partial charge < -0.3 is 0 Å². The average molecular weight is 219 g/mol. The smallest absolute Gasteiger partial charge is 0.258 e. The van der Waals surface area contributed by atoms with E-state index in [1.54, 1.807) is 11.4 Å². The van der Waals surface area contributed by atoms with Crippen LogP contribution in [0.5, 0.6) is 0 Å². The highest BCUT2D eigenvalue weighted by atomic mass is 32.1. The van der Waals surface area contributed by atoms with Gasteiger partial charge in [-0.25, -0.2) is 0 Å². The molecule has 0 saturated heterocycles. The van der Waals surface area contributed by atoms with Gasteiger partial charge in [0.15, 0.2) is 0 Å². The second kappa shape index (κ2) is 4.23. The molecule has 2 aromatic rings. The minimum atomic E-state index is -0.356. The normalized spacial score (nSPS) is 10.1. The molecule has 0 aliphatic carbocycles. The van der Waals surface area contributed by atoms with E-state index < -0.39 is 0 Å². The van der Waals surface area contributed by atoms with Gasteiger partial charge in [-0.3, -0.25) is 10.1 Å². The lowest BCUT2D eigenvalue weighted by Gasteiger charge is -1.95. The molecule has 1 heterocycles. The SMILES string of the molecule is O=[N+]([O-])c1csc(Cc2ccccc2)c1. The predicted molar refractivity (Wildman–Crippen MR) is 60.2 cm³/mol. The summed E-state index contributed by atoms with van der Waals surface area (Å²) in [6, 6.07) is 11.6. The third-order valence-corrected chi connectivity index (χ3v) is 3.00. The van der Waals surface area contributed by atoms with E-state index in [0.717, 1.165) is 11.3 Å². The molecule has 76 valence electrons. The molecule has 0 atom stereocenters. The van der Waals surface area contributed by atoms with Crippen LogP contribution < -0.4 is 0 Å². The molecule has 1 aromatic carbocycles. The summed E-state index contributed by atoms with van der Waals surface area (Å²) >= 11 is 1.43. The van der Waals surface area contributed by atoms with E-state index in [1.807, 2.05) is 30.3 Å². The van der Waals surface area contributed by atoms with E-state index in [0.29, 0.717) is 0 Å². The van der Waals surface area contributed by atoms with Crippen molar-refractivity contribution in [1.29, 1.82) is 0 Å². The summed E-state index contributed by atoms with van der Waals surface area (Å²) in [6.07, 6.45) is 0.763. The van der Waals surface area contributed by atoms with Crippen molar-refractivity contribution in [2.75, 3.05) is 0 Å². The maximum atomic E-state index is 10.5. The fourth-order valence-electron chi connectivity index (χ4n) is 1.35. The van der Waals surface area contributed by atoms with Crippen LogP contribution in [0.2, 0.25) is 0 Å². The molecule has 0 bridgehead atoms. The minimum Gasteiger partial charge on any atom is -0.258 e. The first kappa shape index (κ1) is 9.86. The Bertz CT molecular complexity index is 464. The number of benzene rings is 1. The molecule has 0 aliphatic heterocycles. The zero-order chi connectivity index (χ0) is 10.7. The highest BCUT2D eigenvalue weighted by molar-refractivity contribution is 7.10. The molecule has 4 heteroatoms. The molecule has 0 amide bonds. The largest absolute Gasteiger partial charge is 0.280 e. The topological polar surface area (TPSA) is 43.1 Å². The lowest BCUT2D eigenvalue weighted by atomic mass is 10.1. The summed E-state index contributed by atoms with van der Waals surface area (Å²) < 4.78 is 0. The Hall–Kier alpha value is -1.68. The number of nitrogens with zero attached hydrogens (tertiary/aromatic N) is 1. The van der Waals surface area contributed by atoms with Crippen LogP contribution in [0.15, 0.2) is 41.8 Å². The summed E-state index contributed by atoms with van der Waals surface area (Å²) in [5.41, 5.74) is 1.36. The van der Waals surface area contributed by atoms with E-state index in [4.69, 9.17) is 0 Å². The first-order chi connectivity index (χ1) is 7.25. The van der Waals surface area contributed by atoms with Crippen LogP contribution in [0, 0.1) is 10.1 Å². The number of hydrogen-bond donors (Lipinski definition) is 0. The Labute approximate surface area is 91.1 Å². The third-order valence-electron chi connectivity index (χ3n) is 2.07. The van der Waals surface area contributed by atoms with Crippen LogP contribution in [0.4, 0.5) is 5.69 Å². The number of hydrogen-bond acceptors (Lipinski definition) is 3. The minimum absolute atomic E-state index is 0.186. The Morgan fingerprint density at radius 1 is 1.27 bits per heavy atom. The fraction of sp³-hybridized carbons (Fsp3) is 0.0909. The van der Waals surface area contributed by atoms with Gasteiger partial charge in [0.2, 0.25) is 0 Å². The van der Waals surface area contributed by atoms with Crippen LogP contribution in [0.3, 0.4) is 0 Å². The highest BCUT2D eigenvalue weighted by Crippen LogP contribution is 2.23. The van der Waals surface area contributed by atoms with Crippen LogP contribution in [0.25, 0.3) is 0 Å². The highest BCUT2D eigenvalue weighted by Gasteiger charge is 2.08. The van der Waals surface area contributed by atoms with Crippen molar-refractivity contribution in [2.45, 2.75) is 6.42 Å². The summed E-state index contributed by atoms with van der Waals surface area (Å²) in [4.78, 5) is 11.1. The molecule has 3 nitrogen and oxygen atoms in total. The number of rotatable bonds is 3. The lowest BCUT2D eigenvalue weighted by Crippen LogP contribution is -1.85. The van der Waals surface area contributed by atoms with Gasteiger partial charge in [0.1, 0.15) is 0 Å². The predicted octanol–water partition coefficient (Wildman–Crippen LogP) is 3.25. The lowest BCUT2D eigenvalue weighted by molar-refractivity contribution is -0.384. The Kier molecular flexibility index (Phi) is 2.78. The Balaban J connectivity index is 2.15. The van der Waals surface area contributed by atoms with Crippen molar-refractivity contribution in [1.82, 2.24) is 0 Å². The van der Waals surface area contributed by atoms with Gasteiger partial charge in [-0.2, -0.15) is 0 Å². The van der Waals surface area contributed by atoms with Crippen LogP contribution >= 0.6 is 11.3 Å². The van der Waals surface area contributed by atoms with Crippen molar-refractivity contribution in [3.8, 4) is 0 Å². The number of thiophene rings is 1. The number of nitro groups is 1. The van der Waals surface area contributed by atoms with E-state index in [2.05, 4.69) is 0 Å². The summed E-state index contributed by atoms with van der Waals surface area (Å²) in [5, 5.41) is 12.1. The molecule has 2 rings (SSSR count). The van der Waals surface area contributed by atoms with Gasteiger partial charge in [0.05, 0.1) is 10.3 Å². The molecule has 0 unspecified atom stereocenters. The Morgan fingerprint density at radius 3 is 2.60 bits per heavy atom. The van der Waals surface area contributed by atoms with Crippen molar-refractivity contribution >= 4 is 17.0 Å². The van der Waals surface area contributed by atoms with Gasteiger partial charge in [-0.1, -0.05) is 30.3 Å². The molecule has 1 aromatic heterocycles. The van der Waals surface area contributed by atoms with Gasteiger partial charge in [0, 0.05) is 17.4 Å². The Morgan fingerprint density at radius 2 is 2.00 bits per heavy atom. The molecular weight excluding hydrogens is 210 g/mol. The quantitative estimate of drug-likeness (QED) is 0.587. The first-order valence-electron chi connectivity index (χ1n) is 4.51.